The maximum Gasteiger partial charge on any atom is 0.414 e. The van der Waals surface area contributed by atoms with Crippen molar-refractivity contribution in [3.05, 3.63) is 108 Å². The molecular weight excluding hydrogens is 814 g/mol. The number of amides is 4. The highest BCUT2D eigenvalue weighted by Gasteiger charge is 2.34. The minimum absolute atomic E-state index is 0.219. The zero-order valence-electron chi connectivity index (χ0n) is 31.1. The van der Waals surface area contributed by atoms with Gasteiger partial charge in [0.2, 0.25) is 0 Å². The summed E-state index contributed by atoms with van der Waals surface area (Å²) >= 11 is 14.1. The molecule has 300 valence electrons. The molecule has 5 N–H and O–H groups in total. The molecule has 2 aromatic carbocycles. The lowest BCUT2D eigenvalue weighted by Gasteiger charge is -2.16. The second-order valence-electron chi connectivity index (χ2n) is 12.6. The van der Waals surface area contributed by atoms with Crippen LogP contribution in [0, 0.1) is 6.57 Å². The number of carbonyl (C=O) groups is 4. The molecule has 3 aliphatic rings. The van der Waals surface area contributed by atoms with E-state index in [1.54, 1.807) is 53.4 Å². The molecule has 0 radical (unpaired) electrons. The Labute approximate surface area is 348 Å². The smallest absolute Gasteiger partial charge is 0.414 e. The second-order valence-corrected chi connectivity index (χ2v) is 16.0. The first kappa shape index (κ1) is 42.9. The maximum absolute atomic E-state index is 12.2. The van der Waals surface area contributed by atoms with Crippen LogP contribution in [-0.4, -0.2) is 113 Å². The average Bonchev–Trinajstić information content (AvgIpc) is 4.07. The Bertz CT molecular complexity index is 2090. The van der Waals surface area contributed by atoms with E-state index in [1.165, 1.54) is 27.6 Å². The van der Waals surface area contributed by atoms with Crippen LogP contribution in [0.15, 0.2) is 77.8 Å². The van der Waals surface area contributed by atoms with Gasteiger partial charge >= 0.3 is 12.2 Å². The van der Waals surface area contributed by atoms with Gasteiger partial charge in [0.05, 0.1) is 57.7 Å². The number of halogens is 2. The summed E-state index contributed by atoms with van der Waals surface area (Å²) in [6, 6.07) is 21.0. The zero-order chi connectivity index (χ0) is 40.9. The summed E-state index contributed by atoms with van der Waals surface area (Å²) in [7, 11) is 3.90. The molecule has 4 amide bonds. The van der Waals surface area contributed by atoms with Crippen molar-refractivity contribution in [3.63, 3.8) is 0 Å². The number of nitrogens with two attached hydrogens (primary N) is 1. The normalized spacial score (nSPS) is 17.1. The number of likely N-dealkylation sites (N-methyl/N-ethyl adjacent to an activating group) is 2. The van der Waals surface area contributed by atoms with E-state index in [9.17, 15) is 19.2 Å². The first-order valence-corrected chi connectivity index (χ1v) is 20.1. The topological polar surface area (TPSA) is 175 Å². The Morgan fingerprint density at radius 1 is 0.842 bits per heavy atom. The second kappa shape index (κ2) is 20.8. The van der Waals surface area contributed by atoms with E-state index in [1.807, 2.05) is 38.4 Å². The highest BCUT2D eigenvalue weighted by atomic mass is 35.5. The SMILES string of the molecule is CN1CCN=C1c1ccc(N2C[C@H](CNC(=O)c3ccc(Cl)s3)OC2=O)cc1.CNCCN.[C-]#[N+]c1ccc(N2C[C@H](CNC(=O)c3ccc(Cl)s3)OC2=O)cc1. The number of nitrogens with zero attached hydrogens (tertiary/aromatic N) is 5. The van der Waals surface area contributed by atoms with Gasteiger partial charge in [0, 0.05) is 43.6 Å². The fourth-order valence-corrected chi connectivity index (χ4v) is 7.54. The number of amidine groups is 1. The third-order valence-electron chi connectivity index (χ3n) is 8.50. The monoisotopic (exact) mass is 853 g/mol. The lowest BCUT2D eigenvalue weighted by molar-refractivity contribution is 0.0915. The van der Waals surface area contributed by atoms with Crippen LogP contribution in [-0.2, 0) is 9.47 Å². The van der Waals surface area contributed by atoms with E-state index in [2.05, 4.69) is 30.7 Å². The fraction of sp³-hybridized carbons (Fsp3) is 0.316. The summed E-state index contributed by atoms with van der Waals surface area (Å²) < 4.78 is 11.8. The molecule has 0 unspecified atom stereocenters. The number of carbonyl (C=O) groups excluding carboxylic acids is 4. The number of aliphatic imine (C=N–C) groups is 1. The number of hydrogen-bond acceptors (Lipinski definition) is 12. The number of thiophene rings is 2. The van der Waals surface area contributed by atoms with E-state index in [0.717, 1.165) is 43.3 Å². The van der Waals surface area contributed by atoms with Gasteiger partial charge in [0.15, 0.2) is 5.69 Å². The van der Waals surface area contributed by atoms with Crippen LogP contribution in [0.2, 0.25) is 8.67 Å². The van der Waals surface area contributed by atoms with Gasteiger partial charge in [-0.2, -0.15) is 0 Å². The average molecular weight is 855 g/mol. The summed E-state index contributed by atoms with van der Waals surface area (Å²) in [5.74, 6) is 0.491. The molecule has 0 bridgehead atoms. The summed E-state index contributed by atoms with van der Waals surface area (Å²) in [6.45, 7) is 11.5. The predicted octanol–water partition coefficient (Wildman–Crippen LogP) is 5.72. The molecule has 2 atom stereocenters. The van der Waals surface area contributed by atoms with Gasteiger partial charge < -0.3 is 36.1 Å². The summed E-state index contributed by atoms with van der Waals surface area (Å²) in [4.78, 5) is 62.3. The Morgan fingerprint density at radius 2 is 1.33 bits per heavy atom. The number of anilines is 2. The van der Waals surface area contributed by atoms with Gasteiger partial charge in [-0.15, -0.1) is 22.7 Å². The van der Waals surface area contributed by atoms with Gasteiger partial charge in [-0.05, 0) is 67.7 Å². The summed E-state index contributed by atoms with van der Waals surface area (Å²) in [6.07, 6.45) is -1.72. The van der Waals surface area contributed by atoms with Gasteiger partial charge in [-0.3, -0.25) is 24.4 Å². The van der Waals surface area contributed by atoms with Crippen molar-refractivity contribution in [1.29, 1.82) is 0 Å². The van der Waals surface area contributed by atoms with Crippen LogP contribution in [0.3, 0.4) is 0 Å². The molecule has 2 saturated heterocycles. The van der Waals surface area contributed by atoms with E-state index in [4.69, 9.17) is 45.0 Å². The first-order valence-electron chi connectivity index (χ1n) is 17.7. The maximum atomic E-state index is 12.2. The number of nitrogens with one attached hydrogen (secondary N) is 3. The zero-order valence-corrected chi connectivity index (χ0v) is 34.2. The van der Waals surface area contributed by atoms with Crippen LogP contribution < -0.4 is 31.5 Å². The number of ether oxygens (including phenoxy) is 2. The fourth-order valence-electron chi connectivity index (χ4n) is 5.62. The van der Waals surface area contributed by atoms with Crippen LogP contribution in [0.1, 0.15) is 24.9 Å². The predicted molar refractivity (Wildman–Crippen MR) is 225 cm³/mol. The standard InChI is InChI=1S/C19H19ClN4O3S.C16H12ClN3O3S.C3H10N2/c1-23-9-8-21-17(23)12-2-4-13(5-3-12)24-11-14(27-19(24)26)10-22-18(25)15-6-7-16(20)28-15;1-18-10-2-4-11(5-3-10)20-9-12(23-16(20)22)8-19-15(21)13-6-7-14(17)24-13;1-5-3-2-4/h2-7,14H,8-11H2,1H3,(H,22,25);2-7,12H,8-9H2,(H,19,21);5H,2-4H2,1H3/t14-;12-;/m00./s1. The van der Waals surface area contributed by atoms with Crippen LogP contribution in [0.4, 0.5) is 26.7 Å². The number of hydrogen-bond donors (Lipinski definition) is 4. The molecule has 4 aromatic rings. The lowest BCUT2D eigenvalue weighted by Crippen LogP contribution is -2.34. The third kappa shape index (κ3) is 11.9. The largest absolute Gasteiger partial charge is 0.442 e. The number of benzene rings is 2. The lowest BCUT2D eigenvalue weighted by atomic mass is 10.1. The number of cyclic esters (lactones) is 2. The molecule has 0 spiro atoms. The Hall–Kier alpha value is -5.22. The molecule has 0 saturated carbocycles. The number of rotatable bonds is 11. The van der Waals surface area contributed by atoms with Crippen molar-refractivity contribution in [1.82, 2.24) is 20.9 Å². The third-order valence-corrected chi connectivity index (χ3v) is 11.0. The molecule has 2 fully saturated rings. The minimum atomic E-state index is -0.469. The molecule has 0 aliphatic carbocycles. The minimum Gasteiger partial charge on any atom is -0.442 e. The van der Waals surface area contributed by atoms with Crippen molar-refractivity contribution >= 4 is 92.8 Å². The van der Waals surface area contributed by atoms with Crippen molar-refractivity contribution in [3.8, 4) is 0 Å². The van der Waals surface area contributed by atoms with Crippen molar-refractivity contribution < 1.29 is 28.7 Å². The first-order chi connectivity index (χ1) is 27.5. The highest BCUT2D eigenvalue weighted by Crippen LogP contribution is 2.26. The van der Waals surface area contributed by atoms with E-state index < -0.39 is 24.4 Å². The van der Waals surface area contributed by atoms with Crippen molar-refractivity contribution in [2.24, 2.45) is 10.7 Å². The summed E-state index contributed by atoms with van der Waals surface area (Å²) in [5.41, 5.74) is 8.02. The van der Waals surface area contributed by atoms with Crippen molar-refractivity contribution in [2.45, 2.75) is 12.2 Å². The van der Waals surface area contributed by atoms with Crippen LogP contribution in [0.25, 0.3) is 4.85 Å². The molecule has 5 heterocycles. The van der Waals surface area contributed by atoms with Gasteiger partial charge in [-0.1, -0.05) is 35.3 Å². The Kier molecular flexibility index (Phi) is 15.7. The Morgan fingerprint density at radius 3 is 1.70 bits per heavy atom. The quantitative estimate of drug-likeness (QED) is 0.138. The molecule has 3 aliphatic heterocycles. The molecule has 7 rings (SSSR count). The molecule has 19 heteroatoms. The van der Waals surface area contributed by atoms with Gasteiger partial charge in [0.25, 0.3) is 11.8 Å². The highest BCUT2D eigenvalue weighted by molar-refractivity contribution is 7.18. The Balaban J connectivity index is 0.000000197. The van der Waals surface area contributed by atoms with E-state index in [-0.39, 0.29) is 24.9 Å². The van der Waals surface area contributed by atoms with Crippen LogP contribution in [0.5, 0.6) is 0 Å². The summed E-state index contributed by atoms with van der Waals surface area (Å²) in [5, 5.41) is 8.41. The molecular formula is C38H41Cl2N9O6S2. The van der Waals surface area contributed by atoms with Gasteiger partial charge in [0.1, 0.15) is 18.0 Å². The van der Waals surface area contributed by atoms with Gasteiger partial charge in [-0.25, -0.2) is 14.4 Å². The van der Waals surface area contributed by atoms with E-state index in [0.29, 0.717) is 42.9 Å². The molecule has 57 heavy (non-hydrogen) atoms. The van der Waals surface area contributed by atoms with Crippen molar-refractivity contribution in [2.75, 3.05) is 76.3 Å². The van der Waals surface area contributed by atoms with E-state index >= 15 is 0 Å². The molecule has 2 aromatic heterocycles. The van der Waals surface area contributed by atoms with Crippen LogP contribution >= 0.6 is 45.9 Å². The molecule has 15 nitrogen and oxygen atoms in total.